The first-order valence-electron chi connectivity index (χ1n) is 7.59. The number of benzene rings is 2. The van der Waals surface area contributed by atoms with Crippen molar-refractivity contribution < 1.29 is 17.9 Å². The Balaban J connectivity index is 2.26. The van der Waals surface area contributed by atoms with Crippen LogP contribution in [0.5, 0.6) is 0 Å². The summed E-state index contributed by atoms with van der Waals surface area (Å²) in [5.41, 5.74) is 1.20. The second kappa shape index (κ2) is 8.33. The van der Waals surface area contributed by atoms with Gasteiger partial charge in [0.25, 0.3) is 10.0 Å². The van der Waals surface area contributed by atoms with Gasteiger partial charge in [-0.25, -0.2) is 8.42 Å². The van der Waals surface area contributed by atoms with Gasteiger partial charge in [-0.3, -0.25) is 9.52 Å². The van der Waals surface area contributed by atoms with E-state index in [4.69, 9.17) is 16.3 Å². The zero-order chi connectivity index (χ0) is 18.4. The third-order valence-electron chi connectivity index (χ3n) is 3.32. The lowest BCUT2D eigenvalue weighted by molar-refractivity contribution is -0.120. The lowest BCUT2D eigenvalue weighted by Gasteiger charge is -2.13. The third-order valence-corrected chi connectivity index (χ3v) is 5.15. The molecule has 0 spiro atoms. The predicted octanol–water partition coefficient (Wildman–Crippen LogP) is 3.42. The highest BCUT2D eigenvalue weighted by atomic mass is 35.5. The number of anilines is 2. The number of nitrogens with one attached hydrogen (secondary N) is 2. The Hall–Kier alpha value is -2.09. The van der Waals surface area contributed by atoms with Crippen LogP contribution in [0.2, 0.25) is 5.02 Å². The quantitative estimate of drug-likeness (QED) is 0.768. The topological polar surface area (TPSA) is 84.5 Å². The van der Waals surface area contributed by atoms with Gasteiger partial charge in [0.15, 0.2) is 0 Å². The molecule has 0 bridgehead atoms. The Bertz CT molecular complexity index is 869. The van der Waals surface area contributed by atoms with Crippen LogP contribution in [0.3, 0.4) is 0 Å². The minimum absolute atomic E-state index is 0.0571. The van der Waals surface area contributed by atoms with E-state index in [0.717, 1.165) is 0 Å². The highest BCUT2D eigenvalue weighted by Crippen LogP contribution is 2.26. The second-order valence-electron chi connectivity index (χ2n) is 5.25. The molecule has 25 heavy (non-hydrogen) atoms. The van der Waals surface area contributed by atoms with Gasteiger partial charge in [-0.2, -0.15) is 0 Å². The summed E-state index contributed by atoms with van der Waals surface area (Å²) in [6, 6.07) is 11.2. The van der Waals surface area contributed by atoms with Crippen LogP contribution in [0.4, 0.5) is 11.4 Å². The largest absolute Gasteiger partial charge is 0.372 e. The van der Waals surface area contributed by atoms with E-state index in [2.05, 4.69) is 10.0 Å². The SMILES string of the molecule is CCOCC(=O)Nc1ccc(C)c(S(=O)(=O)Nc2ccccc2Cl)c1. The molecule has 0 radical (unpaired) electrons. The third kappa shape index (κ3) is 5.19. The maximum Gasteiger partial charge on any atom is 0.262 e. The molecule has 2 aromatic rings. The number of carbonyl (C=O) groups is 1. The first-order valence-corrected chi connectivity index (χ1v) is 9.45. The molecule has 134 valence electrons. The summed E-state index contributed by atoms with van der Waals surface area (Å²) in [7, 11) is -3.86. The molecule has 2 aromatic carbocycles. The van der Waals surface area contributed by atoms with Crippen molar-refractivity contribution in [2.24, 2.45) is 0 Å². The van der Waals surface area contributed by atoms with E-state index in [-0.39, 0.29) is 23.1 Å². The minimum Gasteiger partial charge on any atom is -0.372 e. The molecule has 0 unspecified atom stereocenters. The zero-order valence-corrected chi connectivity index (χ0v) is 15.4. The molecule has 2 N–H and O–H groups in total. The summed E-state index contributed by atoms with van der Waals surface area (Å²) < 4.78 is 32.8. The fraction of sp³-hybridized carbons (Fsp3) is 0.235. The number of hydrogen-bond donors (Lipinski definition) is 2. The zero-order valence-electron chi connectivity index (χ0n) is 13.9. The molecule has 0 heterocycles. The molecule has 6 nitrogen and oxygen atoms in total. The van der Waals surface area contributed by atoms with Gasteiger partial charge in [-0.1, -0.05) is 29.8 Å². The van der Waals surface area contributed by atoms with Crippen LogP contribution in [-0.4, -0.2) is 27.5 Å². The number of carbonyl (C=O) groups excluding carboxylic acids is 1. The summed E-state index contributed by atoms with van der Waals surface area (Å²) >= 11 is 6.01. The molecule has 0 aliphatic rings. The summed E-state index contributed by atoms with van der Waals surface area (Å²) in [5.74, 6) is -0.354. The molecule has 0 aliphatic heterocycles. The molecule has 0 aromatic heterocycles. The summed E-state index contributed by atoms with van der Waals surface area (Å²) in [5, 5.41) is 2.91. The van der Waals surface area contributed by atoms with Crippen molar-refractivity contribution in [1.82, 2.24) is 0 Å². The molecular weight excluding hydrogens is 364 g/mol. The number of rotatable bonds is 7. The fourth-order valence-corrected chi connectivity index (χ4v) is 3.69. The molecule has 0 saturated heterocycles. The van der Waals surface area contributed by atoms with Gasteiger partial charge in [-0.05, 0) is 43.7 Å². The number of halogens is 1. The summed E-state index contributed by atoms with van der Waals surface area (Å²) in [6.45, 7) is 3.78. The average molecular weight is 383 g/mol. The van der Waals surface area contributed by atoms with E-state index < -0.39 is 10.0 Å². The first-order chi connectivity index (χ1) is 11.8. The van der Waals surface area contributed by atoms with E-state index >= 15 is 0 Å². The summed E-state index contributed by atoms with van der Waals surface area (Å²) in [6.07, 6.45) is 0. The van der Waals surface area contributed by atoms with Crippen LogP contribution in [0, 0.1) is 6.92 Å². The molecule has 0 fully saturated rings. The smallest absolute Gasteiger partial charge is 0.262 e. The number of ether oxygens (including phenoxy) is 1. The maximum absolute atomic E-state index is 12.7. The van der Waals surface area contributed by atoms with Crippen molar-refractivity contribution >= 4 is 38.9 Å². The predicted molar refractivity (Wildman–Crippen MR) is 98.6 cm³/mol. The number of aryl methyl sites for hydroxylation is 1. The van der Waals surface area contributed by atoms with Crippen LogP contribution in [0.25, 0.3) is 0 Å². The molecule has 8 heteroatoms. The van der Waals surface area contributed by atoms with Crippen molar-refractivity contribution in [2.45, 2.75) is 18.7 Å². The molecule has 2 rings (SSSR count). The lowest BCUT2D eigenvalue weighted by atomic mass is 10.2. The Kier molecular flexibility index (Phi) is 6.41. The van der Waals surface area contributed by atoms with Crippen molar-refractivity contribution in [2.75, 3.05) is 23.3 Å². The Morgan fingerprint density at radius 1 is 1.20 bits per heavy atom. The number of para-hydroxylation sites is 1. The van der Waals surface area contributed by atoms with Crippen molar-refractivity contribution in [1.29, 1.82) is 0 Å². The average Bonchev–Trinajstić information content (AvgIpc) is 2.56. The Morgan fingerprint density at radius 2 is 1.92 bits per heavy atom. The molecule has 0 aliphatic carbocycles. The van der Waals surface area contributed by atoms with E-state index in [1.54, 1.807) is 50.2 Å². The minimum atomic E-state index is -3.86. The highest BCUT2D eigenvalue weighted by molar-refractivity contribution is 7.92. The van der Waals surface area contributed by atoms with Gasteiger partial charge in [0.1, 0.15) is 6.61 Å². The number of hydrogen-bond acceptors (Lipinski definition) is 4. The standard InChI is InChI=1S/C17H19ClN2O4S/c1-3-24-11-17(21)19-13-9-8-12(2)16(10-13)25(22,23)20-15-7-5-4-6-14(15)18/h4-10,20H,3,11H2,1-2H3,(H,19,21). The van der Waals surface area contributed by atoms with Gasteiger partial charge < -0.3 is 10.1 Å². The van der Waals surface area contributed by atoms with E-state index in [0.29, 0.717) is 22.9 Å². The normalized spacial score (nSPS) is 11.2. The van der Waals surface area contributed by atoms with Crippen molar-refractivity contribution in [3.05, 3.63) is 53.1 Å². The number of sulfonamides is 1. The second-order valence-corrected chi connectivity index (χ2v) is 7.31. The van der Waals surface area contributed by atoms with E-state index in [9.17, 15) is 13.2 Å². The van der Waals surface area contributed by atoms with Gasteiger partial charge in [0.2, 0.25) is 5.91 Å². The Morgan fingerprint density at radius 3 is 2.60 bits per heavy atom. The molecule has 0 saturated carbocycles. The van der Waals surface area contributed by atoms with Crippen LogP contribution < -0.4 is 10.0 Å². The van der Waals surface area contributed by atoms with Crippen LogP contribution in [-0.2, 0) is 19.6 Å². The van der Waals surface area contributed by atoms with Crippen LogP contribution in [0.1, 0.15) is 12.5 Å². The van der Waals surface area contributed by atoms with Gasteiger partial charge in [-0.15, -0.1) is 0 Å². The fourth-order valence-electron chi connectivity index (χ4n) is 2.10. The van der Waals surface area contributed by atoms with Crippen molar-refractivity contribution in [3.63, 3.8) is 0 Å². The first kappa shape index (κ1) is 19.2. The highest BCUT2D eigenvalue weighted by Gasteiger charge is 2.19. The Labute approximate surface area is 152 Å². The van der Waals surface area contributed by atoms with E-state index in [1.165, 1.54) is 6.07 Å². The van der Waals surface area contributed by atoms with Gasteiger partial charge in [0.05, 0.1) is 15.6 Å². The van der Waals surface area contributed by atoms with Gasteiger partial charge >= 0.3 is 0 Å². The van der Waals surface area contributed by atoms with Crippen LogP contribution >= 0.6 is 11.6 Å². The maximum atomic E-state index is 12.7. The van der Waals surface area contributed by atoms with E-state index in [1.807, 2.05) is 0 Å². The molecule has 1 amide bonds. The van der Waals surface area contributed by atoms with Crippen LogP contribution in [0.15, 0.2) is 47.4 Å². The molecule has 0 atom stereocenters. The summed E-state index contributed by atoms with van der Waals surface area (Å²) in [4.78, 5) is 11.8. The lowest BCUT2D eigenvalue weighted by Crippen LogP contribution is -2.19. The van der Waals surface area contributed by atoms with Crippen molar-refractivity contribution in [3.8, 4) is 0 Å². The van der Waals surface area contributed by atoms with Gasteiger partial charge in [0, 0.05) is 12.3 Å². The number of amides is 1. The molecular formula is C17H19ClN2O4S. The monoisotopic (exact) mass is 382 g/mol.